The summed E-state index contributed by atoms with van der Waals surface area (Å²) in [7, 11) is 0. The fourth-order valence-electron chi connectivity index (χ4n) is 0.881. The van der Waals surface area contributed by atoms with Gasteiger partial charge in [0.25, 0.3) is 0 Å². The van der Waals surface area contributed by atoms with Crippen molar-refractivity contribution in [3.05, 3.63) is 0 Å². The van der Waals surface area contributed by atoms with Crippen LogP contribution in [0.15, 0.2) is 0 Å². The van der Waals surface area contributed by atoms with Gasteiger partial charge in [-0.2, -0.15) is 0 Å². The average Bonchev–Trinajstić information content (AvgIpc) is 1.82. The molecule has 0 aromatic carbocycles. The summed E-state index contributed by atoms with van der Waals surface area (Å²) < 4.78 is 0. The van der Waals surface area contributed by atoms with Crippen molar-refractivity contribution in [1.29, 1.82) is 0 Å². The van der Waals surface area contributed by atoms with Gasteiger partial charge in [0.15, 0.2) is 0 Å². The van der Waals surface area contributed by atoms with Crippen LogP contribution in [0.25, 0.3) is 0 Å². The number of hydrogen-bond donors (Lipinski definition) is 1. The van der Waals surface area contributed by atoms with Crippen LogP contribution in [0.2, 0.25) is 0 Å². The molecule has 2 nitrogen and oxygen atoms in total. The second-order valence-electron chi connectivity index (χ2n) is 4.48. The van der Waals surface area contributed by atoms with Gasteiger partial charge in [-0.3, -0.25) is 4.79 Å². The zero-order chi connectivity index (χ0) is 10.6. The molecular weight excluding hydrogens is 230 g/mol. The van der Waals surface area contributed by atoms with E-state index in [1.54, 1.807) is 0 Å². The minimum atomic E-state index is -0.175. The highest BCUT2D eigenvalue weighted by atomic mass is 79.9. The summed E-state index contributed by atoms with van der Waals surface area (Å²) in [5, 5.41) is 3.00. The molecule has 0 fully saturated rings. The smallest absolute Gasteiger partial charge is 0.220 e. The number of halogens is 1. The van der Waals surface area contributed by atoms with E-state index in [1.165, 1.54) is 0 Å². The van der Waals surface area contributed by atoms with Crippen molar-refractivity contribution in [3.63, 3.8) is 0 Å². The zero-order valence-corrected chi connectivity index (χ0v) is 10.7. The van der Waals surface area contributed by atoms with Crippen molar-refractivity contribution in [1.82, 2.24) is 5.32 Å². The topological polar surface area (TPSA) is 29.1 Å². The van der Waals surface area contributed by atoms with Crippen LogP contribution in [0.1, 0.15) is 41.0 Å². The highest BCUT2D eigenvalue weighted by Crippen LogP contribution is 2.17. The Morgan fingerprint density at radius 2 is 1.85 bits per heavy atom. The van der Waals surface area contributed by atoms with E-state index in [4.69, 9.17) is 0 Å². The Labute approximate surface area is 89.6 Å². The summed E-state index contributed by atoms with van der Waals surface area (Å²) in [4.78, 5) is 11.7. The van der Waals surface area contributed by atoms with Crippen LogP contribution in [0, 0.1) is 5.92 Å². The first-order valence-electron chi connectivity index (χ1n) is 4.70. The monoisotopic (exact) mass is 249 g/mol. The molecule has 1 N–H and O–H groups in total. The molecule has 0 rings (SSSR count). The van der Waals surface area contributed by atoms with Crippen molar-refractivity contribution in [2.24, 2.45) is 5.92 Å². The van der Waals surface area contributed by atoms with Gasteiger partial charge in [0, 0.05) is 16.8 Å². The number of hydrogen-bond acceptors (Lipinski definition) is 1. The van der Waals surface area contributed by atoms with Crippen molar-refractivity contribution in [3.8, 4) is 0 Å². The average molecular weight is 250 g/mol. The fraction of sp³-hybridized carbons (Fsp3) is 0.900. The standard InChI is InChI=1S/C10H20BrNO/c1-7(2)6-9(13)12-10(4,5)8(3)11/h7-8H,6H2,1-5H3,(H,12,13). The third-order valence-corrected chi connectivity index (χ3v) is 3.19. The largest absolute Gasteiger partial charge is 0.350 e. The number of carbonyl (C=O) groups excluding carboxylic acids is 1. The summed E-state index contributed by atoms with van der Waals surface area (Å²) >= 11 is 3.48. The first-order valence-corrected chi connectivity index (χ1v) is 5.62. The Kier molecular flexibility index (Phi) is 4.97. The van der Waals surface area contributed by atoms with E-state index in [2.05, 4.69) is 21.2 Å². The Morgan fingerprint density at radius 3 is 2.15 bits per heavy atom. The molecule has 0 heterocycles. The fourth-order valence-corrected chi connectivity index (χ4v) is 0.995. The highest BCUT2D eigenvalue weighted by Gasteiger charge is 2.25. The maximum atomic E-state index is 11.4. The van der Waals surface area contributed by atoms with Crippen molar-refractivity contribution in [2.45, 2.75) is 51.4 Å². The predicted octanol–water partition coefficient (Wildman–Crippen LogP) is 2.71. The molecule has 13 heavy (non-hydrogen) atoms. The molecule has 0 saturated carbocycles. The maximum absolute atomic E-state index is 11.4. The summed E-state index contributed by atoms with van der Waals surface area (Å²) in [5.41, 5.74) is -0.175. The van der Waals surface area contributed by atoms with Gasteiger partial charge in [0.2, 0.25) is 5.91 Å². The van der Waals surface area contributed by atoms with Gasteiger partial charge in [-0.05, 0) is 19.8 Å². The number of nitrogens with one attached hydrogen (secondary N) is 1. The molecule has 0 radical (unpaired) electrons. The van der Waals surface area contributed by atoms with Crippen LogP contribution in [0.3, 0.4) is 0 Å². The quantitative estimate of drug-likeness (QED) is 0.763. The molecular formula is C10H20BrNO. The van der Waals surface area contributed by atoms with Gasteiger partial charge in [-0.1, -0.05) is 36.7 Å². The lowest BCUT2D eigenvalue weighted by atomic mass is 10.0. The van der Waals surface area contributed by atoms with Crippen molar-refractivity contribution in [2.75, 3.05) is 0 Å². The Bertz CT molecular complexity index is 176. The number of amides is 1. The van der Waals surface area contributed by atoms with Crippen molar-refractivity contribution >= 4 is 21.8 Å². The minimum absolute atomic E-state index is 0.131. The third kappa shape index (κ3) is 5.29. The van der Waals surface area contributed by atoms with E-state index in [1.807, 2.05) is 34.6 Å². The summed E-state index contributed by atoms with van der Waals surface area (Å²) in [6, 6.07) is 0. The zero-order valence-electron chi connectivity index (χ0n) is 9.15. The summed E-state index contributed by atoms with van der Waals surface area (Å²) in [5.74, 6) is 0.549. The molecule has 1 atom stereocenters. The van der Waals surface area contributed by atoms with E-state index >= 15 is 0 Å². The Hall–Kier alpha value is -0.0500. The molecule has 0 saturated heterocycles. The van der Waals surface area contributed by atoms with Gasteiger partial charge in [0.1, 0.15) is 0 Å². The Morgan fingerprint density at radius 1 is 1.38 bits per heavy atom. The molecule has 0 bridgehead atoms. The molecule has 3 heteroatoms. The van der Waals surface area contributed by atoms with Gasteiger partial charge in [-0.15, -0.1) is 0 Å². The van der Waals surface area contributed by atoms with Crippen LogP contribution in [-0.4, -0.2) is 16.3 Å². The van der Waals surface area contributed by atoms with Gasteiger partial charge < -0.3 is 5.32 Å². The second-order valence-corrected chi connectivity index (χ2v) is 5.86. The molecule has 0 aliphatic rings. The van der Waals surface area contributed by atoms with Gasteiger partial charge >= 0.3 is 0 Å². The van der Waals surface area contributed by atoms with Crippen LogP contribution < -0.4 is 5.32 Å². The van der Waals surface area contributed by atoms with Crippen LogP contribution >= 0.6 is 15.9 Å². The maximum Gasteiger partial charge on any atom is 0.220 e. The Balaban J connectivity index is 4.05. The van der Waals surface area contributed by atoms with E-state index in [9.17, 15) is 4.79 Å². The van der Waals surface area contributed by atoms with Crippen LogP contribution in [0.5, 0.6) is 0 Å². The van der Waals surface area contributed by atoms with E-state index in [0.29, 0.717) is 12.3 Å². The molecule has 0 aromatic heterocycles. The first-order chi connectivity index (χ1) is 5.75. The third-order valence-electron chi connectivity index (χ3n) is 2.05. The molecule has 1 amide bonds. The van der Waals surface area contributed by atoms with E-state index < -0.39 is 0 Å². The lowest BCUT2D eigenvalue weighted by Gasteiger charge is -2.29. The SMILES string of the molecule is CC(C)CC(=O)NC(C)(C)C(C)Br. The van der Waals surface area contributed by atoms with Crippen LogP contribution in [0.4, 0.5) is 0 Å². The molecule has 0 spiro atoms. The molecule has 0 aliphatic heterocycles. The predicted molar refractivity (Wildman–Crippen MR) is 60.1 cm³/mol. The number of rotatable bonds is 4. The number of carbonyl (C=O) groups is 1. The molecule has 1 unspecified atom stereocenters. The number of alkyl halides is 1. The lowest BCUT2D eigenvalue weighted by molar-refractivity contribution is -0.123. The highest BCUT2D eigenvalue weighted by molar-refractivity contribution is 9.09. The van der Waals surface area contributed by atoms with Gasteiger partial charge in [-0.25, -0.2) is 0 Å². The summed E-state index contributed by atoms with van der Waals surface area (Å²) in [6.07, 6.45) is 0.600. The molecule has 78 valence electrons. The molecule has 0 aromatic rings. The second kappa shape index (κ2) is 4.99. The lowest BCUT2D eigenvalue weighted by Crippen LogP contribution is -2.49. The van der Waals surface area contributed by atoms with Gasteiger partial charge in [0.05, 0.1) is 0 Å². The van der Waals surface area contributed by atoms with E-state index in [-0.39, 0.29) is 16.3 Å². The molecule has 0 aliphatic carbocycles. The normalized spacial score (nSPS) is 14.4. The summed E-state index contributed by atoms with van der Waals surface area (Å²) in [6.45, 7) is 10.2. The first kappa shape index (κ1) is 12.9. The van der Waals surface area contributed by atoms with E-state index in [0.717, 1.165) is 0 Å². The minimum Gasteiger partial charge on any atom is -0.350 e. The van der Waals surface area contributed by atoms with Crippen LogP contribution in [-0.2, 0) is 4.79 Å². The van der Waals surface area contributed by atoms with Crippen molar-refractivity contribution < 1.29 is 4.79 Å².